The summed E-state index contributed by atoms with van der Waals surface area (Å²) in [6.07, 6.45) is 1.38. The van der Waals surface area contributed by atoms with E-state index in [-0.39, 0.29) is 5.91 Å². The van der Waals surface area contributed by atoms with Gasteiger partial charge in [0.05, 0.1) is 0 Å². The Kier molecular flexibility index (Phi) is 5.47. The second kappa shape index (κ2) is 7.12. The van der Waals surface area contributed by atoms with Crippen LogP contribution in [0.5, 0.6) is 0 Å². The van der Waals surface area contributed by atoms with Crippen molar-refractivity contribution < 1.29 is 4.79 Å². The van der Waals surface area contributed by atoms with E-state index in [0.717, 1.165) is 39.1 Å². The summed E-state index contributed by atoms with van der Waals surface area (Å²) in [6.45, 7) is 4.66. The molecule has 1 saturated heterocycles. The Hall–Kier alpha value is -0.580. The SMILES string of the molecule is O=C(CCCCl)N1CCN(Cc2ccsc2)CC1. The van der Waals surface area contributed by atoms with Gasteiger partial charge >= 0.3 is 0 Å². The highest BCUT2D eigenvalue weighted by atomic mass is 35.5. The predicted octanol–water partition coefficient (Wildman–Crippen LogP) is 2.41. The topological polar surface area (TPSA) is 23.6 Å². The van der Waals surface area contributed by atoms with Gasteiger partial charge in [0.1, 0.15) is 0 Å². The number of nitrogens with zero attached hydrogens (tertiary/aromatic N) is 2. The van der Waals surface area contributed by atoms with E-state index in [1.165, 1.54) is 5.56 Å². The predicted molar refractivity (Wildman–Crippen MR) is 76.1 cm³/mol. The molecule has 2 heterocycles. The lowest BCUT2D eigenvalue weighted by Crippen LogP contribution is -2.48. The van der Waals surface area contributed by atoms with Gasteiger partial charge in [-0.3, -0.25) is 9.69 Å². The molecule has 1 fully saturated rings. The van der Waals surface area contributed by atoms with Crippen LogP contribution in [0.25, 0.3) is 0 Å². The molecule has 0 unspecified atom stereocenters. The maximum atomic E-state index is 11.8. The summed E-state index contributed by atoms with van der Waals surface area (Å²) >= 11 is 7.35. The van der Waals surface area contributed by atoms with E-state index in [0.29, 0.717) is 12.3 Å². The van der Waals surface area contributed by atoms with Crippen molar-refractivity contribution in [2.24, 2.45) is 0 Å². The quantitative estimate of drug-likeness (QED) is 0.776. The van der Waals surface area contributed by atoms with Crippen LogP contribution in [-0.2, 0) is 11.3 Å². The summed E-state index contributed by atoms with van der Waals surface area (Å²) in [5, 5.41) is 4.30. The Morgan fingerprint density at radius 2 is 2.11 bits per heavy atom. The number of halogens is 1. The first-order chi connectivity index (χ1) is 8.79. The van der Waals surface area contributed by atoms with Crippen LogP contribution in [0.3, 0.4) is 0 Å². The van der Waals surface area contributed by atoms with E-state index >= 15 is 0 Å². The molecular formula is C13H19ClN2OS. The fraction of sp³-hybridized carbons (Fsp3) is 0.615. The van der Waals surface area contributed by atoms with Gasteiger partial charge in [0, 0.05) is 45.0 Å². The van der Waals surface area contributed by atoms with Crippen LogP contribution < -0.4 is 0 Å². The van der Waals surface area contributed by atoms with Gasteiger partial charge in [0.25, 0.3) is 0 Å². The van der Waals surface area contributed by atoms with E-state index in [9.17, 15) is 4.79 Å². The standard InChI is InChI=1S/C13H19ClN2OS/c14-4-1-2-13(17)16-7-5-15(6-8-16)10-12-3-9-18-11-12/h3,9,11H,1-2,4-8,10H2. The first-order valence-electron chi connectivity index (χ1n) is 6.37. The summed E-state index contributed by atoms with van der Waals surface area (Å²) in [5.41, 5.74) is 1.38. The third-order valence-electron chi connectivity index (χ3n) is 3.24. The maximum Gasteiger partial charge on any atom is 0.222 e. The molecule has 0 saturated carbocycles. The summed E-state index contributed by atoms with van der Waals surface area (Å²) in [4.78, 5) is 16.2. The number of alkyl halides is 1. The van der Waals surface area contributed by atoms with Crippen molar-refractivity contribution >= 4 is 28.8 Å². The minimum absolute atomic E-state index is 0.255. The normalized spacial score (nSPS) is 17.1. The van der Waals surface area contributed by atoms with Crippen LogP contribution in [0.1, 0.15) is 18.4 Å². The molecule has 0 spiro atoms. The van der Waals surface area contributed by atoms with Crippen molar-refractivity contribution in [3.05, 3.63) is 22.4 Å². The second-order valence-electron chi connectivity index (χ2n) is 4.58. The smallest absolute Gasteiger partial charge is 0.222 e. The summed E-state index contributed by atoms with van der Waals surface area (Å²) in [5.74, 6) is 0.829. The van der Waals surface area contributed by atoms with Crippen LogP contribution >= 0.6 is 22.9 Å². The van der Waals surface area contributed by atoms with Gasteiger partial charge in [-0.15, -0.1) is 11.6 Å². The Balaban J connectivity index is 1.72. The number of carbonyl (C=O) groups excluding carboxylic acids is 1. The van der Waals surface area contributed by atoms with Crippen molar-refractivity contribution in [1.82, 2.24) is 9.80 Å². The lowest BCUT2D eigenvalue weighted by Gasteiger charge is -2.34. The molecule has 0 radical (unpaired) electrons. The van der Waals surface area contributed by atoms with Crippen molar-refractivity contribution in [3.8, 4) is 0 Å². The molecule has 1 aliphatic rings. The number of thiophene rings is 1. The van der Waals surface area contributed by atoms with Gasteiger partial charge in [0.15, 0.2) is 0 Å². The average molecular weight is 287 g/mol. The molecule has 0 bridgehead atoms. The van der Waals surface area contributed by atoms with Gasteiger partial charge < -0.3 is 4.90 Å². The first kappa shape index (κ1) is 13.8. The average Bonchev–Trinajstić information content (AvgIpc) is 2.89. The molecule has 0 N–H and O–H groups in total. The third-order valence-corrected chi connectivity index (χ3v) is 4.23. The number of hydrogen-bond donors (Lipinski definition) is 0. The van der Waals surface area contributed by atoms with E-state index in [4.69, 9.17) is 11.6 Å². The maximum absolute atomic E-state index is 11.8. The van der Waals surface area contributed by atoms with Crippen LogP contribution in [-0.4, -0.2) is 47.8 Å². The fourth-order valence-electron chi connectivity index (χ4n) is 2.17. The lowest BCUT2D eigenvalue weighted by molar-refractivity contribution is -0.133. The monoisotopic (exact) mass is 286 g/mol. The van der Waals surface area contributed by atoms with Crippen molar-refractivity contribution in [2.75, 3.05) is 32.1 Å². The molecule has 1 aromatic rings. The number of carbonyl (C=O) groups is 1. The molecule has 1 aliphatic heterocycles. The molecule has 5 heteroatoms. The number of amides is 1. The Labute approximate surface area is 117 Å². The zero-order valence-electron chi connectivity index (χ0n) is 10.5. The van der Waals surface area contributed by atoms with E-state index < -0.39 is 0 Å². The van der Waals surface area contributed by atoms with Crippen molar-refractivity contribution in [3.63, 3.8) is 0 Å². The molecule has 18 heavy (non-hydrogen) atoms. The zero-order chi connectivity index (χ0) is 12.8. The van der Waals surface area contributed by atoms with Gasteiger partial charge in [-0.05, 0) is 28.8 Å². The number of rotatable bonds is 5. The molecule has 0 aromatic carbocycles. The van der Waals surface area contributed by atoms with Crippen molar-refractivity contribution in [2.45, 2.75) is 19.4 Å². The molecule has 3 nitrogen and oxygen atoms in total. The first-order valence-corrected chi connectivity index (χ1v) is 7.84. The summed E-state index contributed by atoms with van der Waals surface area (Å²) < 4.78 is 0. The van der Waals surface area contributed by atoms with Gasteiger partial charge in [-0.25, -0.2) is 0 Å². The molecular weight excluding hydrogens is 268 g/mol. The molecule has 100 valence electrons. The van der Waals surface area contributed by atoms with Gasteiger partial charge in [-0.1, -0.05) is 0 Å². The fourth-order valence-corrected chi connectivity index (χ4v) is 2.97. The van der Waals surface area contributed by atoms with Gasteiger partial charge in [0.2, 0.25) is 5.91 Å². The molecule has 1 aromatic heterocycles. The highest BCUT2D eigenvalue weighted by molar-refractivity contribution is 7.07. The number of piperazine rings is 1. The van der Waals surface area contributed by atoms with E-state index in [1.54, 1.807) is 11.3 Å². The second-order valence-corrected chi connectivity index (χ2v) is 5.74. The third kappa shape index (κ3) is 3.97. The van der Waals surface area contributed by atoms with E-state index in [2.05, 4.69) is 21.7 Å². The van der Waals surface area contributed by atoms with Crippen molar-refractivity contribution in [1.29, 1.82) is 0 Å². The van der Waals surface area contributed by atoms with Crippen LogP contribution in [0, 0.1) is 0 Å². The minimum atomic E-state index is 0.255. The molecule has 2 rings (SSSR count). The largest absolute Gasteiger partial charge is 0.340 e. The zero-order valence-corrected chi connectivity index (χ0v) is 12.1. The Morgan fingerprint density at radius 3 is 2.72 bits per heavy atom. The molecule has 0 atom stereocenters. The minimum Gasteiger partial charge on any atom is -0.340 e. The Bertz CT molecular complexity index is 361. The lowest BCUT2D eigenvalue weighted by atomic mass is 10.2. The van der Waals surface area contributed by atoms with Crippen LogP contribution in [0.2, 0.25) is 0 Å². The highest BCUT2D eigenvalue weighted by Gasteiger charge is 2.20. The van der Waals surface area contributed by atoms with Crippen LogP contribution in [0.4, 0.5) is 0 Å². The van der Waals surface area contributed by atoms with E-state index in [1.807, 2.05) is 4.90 Å². The molecule has 0 aliphatic carbocycles. The molecule has 1 amide bonds. The summed E-state index contributed by atoms with van der Waals surface area (Å²) in [7, 11) is 0. The Morgan fingerprint density at radius 1 is 1.33 bits per heavy atom. The highest BCUT2D eigenvalue weighted by Crippen LogP contribution is 2.12. The van der Waals surface area contributed by atoms with Crippen LogP contribution in [0.15, 0.2) is 16.8 Å². The summed E-state index contributed by atoms with van der Waals surface area (Å²) in [6, 6.07) is 2.17. The number of hydrogen-bond acceptors (Lipinski definition) is 3. The van der Waals surface area contributed by atoms with Gasteiger partial charge in [-0.2, -0.15) is 11.3 Å².